The summed E-state index contributed by atoms with van der Waals surface area (Å²) in [6.45, 7) is 4.00. The van der Waals surface area contributed by atoms with Crippen LogP contribution in [0.3, 0.4) is 0 Å². The van der Waals surface area contributed by atoms with Crippen LogP contribution in [0.5, 0.6) is 0 Å². The first-order valence-electron chi connectivity index (χ1n) is 4.41. The van der Waals surface area contributed by atoms with Gasteiger partial charge >= 0.3 is 0 Å². The minimum absolute atomic E-state index is 0.0251. The lowest BCUT2D eigenvalue weighted by Crippen LogP contribution is -2.22. The van der Waals surface area contributed by atoms with E-state index in [0.717, 1.165) is 5.69 Å². The molecule has 0 aliphatic carbocycles. The van der Waals surface area contributed by atoms with E-state index in [-0.39, 0.29) is 11.8 Å². The van der Waals surface area contributed by atoms with Crippen LogP contribution in [0.1, 0.15) is 35.1 Å². The molecule has 78 valence electrons. The first-order chi connectivity index (χ1) is 6.43. The van der Waals surface area contributed by atoms with Crippen LogP contribution in [-0.4, -0.2) is 29.9 Å². The first kappa shape index (κ1) is 11.0. The number of hydrogen-bond acceptors (Lipinski definition) is 4. The van der Waals surface area contributed by atoms with Gasteiger partial charge in [-0.2, -0.15) is 0 Å². The number of nitrogens with zero attached hydrogens (tertiary/aromatic N) is 2. The summed E-state index contributed by atoms with van der Waals surface area (Å²) in [4.78, 5) is 18.1. The fourth-order valence-corrected chi connectivity index (χ4v) is 2.11. The van der Waals surface area contributed by atoms with Crippen molar-refractivity contribution in [3.05, 3.63) is 10.6 Å². The zero-order valence-electron chi connectivity index (χ0n) is 8.87. The van der Waals surface area contributed by atoms with E-state index in [2.05, 4.69) is 4.98 Å². The molecule has 0 unspecified atom stereocenters. The van der Waals surface area contributed by atoms with Gasteiger partial charge in [-0.1, -0.05) is 25.2 Å². The van der Waals surface area contributed by atoms with Crippen molar-refractivity contribution < 1.29 is 4.79 Å². The van der Waals surface area contributed by atoms with Gasteiger partial charge in [0.15, 0.2) is 5.13 Å². The Labute approximate surface area is 87.7 Å². The average Bonchev–Trinajstić information content (AvgIpc) is 2.45. The lowest BCUT2D eigenvalue weighted by molar-refractivity contribution is 0.0830. The Hall–Kier alpha value is -1.10. The molecule has 1 heterocycles. The Morgan fingerprint density at radius 1 is 1.50 bits per heavy atom. The van der Waals surface area contributed by atoms with Crippen molar-refractivity contribution in [1.82, 2.24) is 9.88 Å². The van der Waals surface area contributed by atoms with Crippen molar-refractivity contribution in [2.75, 3.05) is 19.8 Å². The highest BCUT2D eigenvalue weighted by molar-refractivity contribution is 7.17. The molecule has 5 heteroatoms. The molecule has 1 aromatic rings. The molecule has 0 radical (unpaired) electrons. The van der Waals surface area contributed by atoms with Gasteiger partial charge in [0.1, 0.15) is 4.88 Å². The maximum Gasteiger partial charge on any atom is 0.265 e. The molecule has 0 saturated carbocycles. The quantitative estimate of drug-likeness (QED) is 0.811. The van der Waals surface area contributed by atoms with E-state index in [0.29, 0.717) is 10.0 Å². The molecule has 0 aromatic carbocycles. The number of carbonyl (C=O) groups is 1. The third-order valence-electron chi connectivity index (χ3n) is 1.82. The van der Waals surface area contributed by atoms with Gasteiger partial charge in [-0.15, -0.1) is 0 Å². The van der Waals surface area contributed by atoms with E-state index in [4.69, 9.17) is 5.73 Å². The normalized spacial score (nSPS) is 10.6. The number of hydrogen-bond donors (Lipinski definition) is 1. The standard InChI is InChI=1S/C9H15N3OS/c1-5(2)6-7(8(13)12(3)4)14-9(10)11-6/h5H,1-4H3,(H2,10,11). The molecule has 0 atom stereocenters. The van der Waals surface area contributed by atoms with E-state index < -0.39 is 0 Å². The van der Waals surface area contributed by atoms with Gasteiger partial charge in [0.05, 0.1) is 5.69 Å². The second kappa shape index (κ2) is 3.96. The second-order valence-corrected chi connectivity index (χ2v) is 4.65. The molecular formula is C9H15N3OS. The number of amides is 1. The minimum atomic E-state index is -0.0251. The molecule has 14 heavy (non-hydrogen) atoms. The molecule has 1 rings (SSSR count). The van der Waals surface area contributed by atoms with Crippen LogP contribution >= 0.6 is 11.3 Å². The molecule has 1 amide bonds. The fraction of sp³-hybridized carbons (Fsp3) is 0.556. The summed E-state index contributed by atoms with van der Waals surface area (Å²) in [6.07, 6.45) is 0. The van der Waals surface area contributed by atoms with E-state index in [9.17, 15) is 4.79 Å². The summed E-state index contributed by atoms with van der Waals surface area (Å²) in [5.74, 6) is 0.199. The lowest BCUT2D eigenvalue weighted by Gasteiger charge is -2.10. The van der Waals surface area contributed by atoms with Gasteiger partial charge in [-0.3, -0.25) is 4.79 Å². The molecule has 0 saturated heterocycles. The van der Waals surface area contributed by atoms with Crippen LogP contribution in [-0.2, 0) is 0 Å². The van der Waals surface area contributed by atoms with Crippen LogP contribution in [0.2, 0.25) is 0 Å². The monoisotopic (exact) mass is 213 g/mol. The highest BCUT2D eigenvalue weighted by Gasteiger charge is 2.20. The summed E-state index contributed by atoms with van der Waals surface area (Å²) in [7, 11) is 3.45. The number of anilines is 1. The molecular weight excluding hydrogens is 198 g/mol. The highest BCUT2D eigenvalue weighted by Crippen LogP contribution is 2.27. The van der Waals surface area contributed by atoms with E-state index in [1.807, 2.05) is 13.8 Å². The molecule has 1 aromatic heterocycles. The Bertz CT molecular complexity index is 344. The van der Waals surface area contributed by atoms with Gasteiger partial charge in [0.2, 0.25) is 0 Å². The van der Waals surface area contributed by atoms with Gasteiger partial charge in [-0.05, 0) is 5.92 Å². The molecule has 0 aliphatic rings. The average molecular weight is 213 g/mol. The van der Waals surface area contributed by atoms with Gasteiger partial charge in [0, 0.05) is 14.1 Å². The third-order valence-corrected chi connectivity index (χ3v) is 2.71. The van der Waals surface area contributed by atoms with E-state index in [1.165, 1.54) is 11.3 Å². The number of aromatic nitrogens is 1. The molecule has 4 nitrogen and oxygen atoms in total. The molecule has 0 aliphatic heterocycles. The second-order valence-electron chi connectivity index (χ2n) is 3.62. The van der Waals surface area contributed by atoms with Crippen molar-refractivity contribution in [3.8, 4) is 0 Å². The zero-order valence-corrected chi connectivity index (χ0v) is 9.68. The SMILES string of the molecule is CC(C)c1nc(N)sc1C(=O)N(C)C. The lowest BCUT2D eigenvalue weighted by atomic mass is 10.1. The Kier molecular flexibility index (Phi) is 3.10. The fourth-order valence-electron chi connectivity index (χ4n) is 1.10. The van der Waals surface area contributed by atoms with Crippen molar-refractivity contribution in [1.29, 1.82) is 0 Å². The Balaban J connectivity index is 3.13. The highest BCUT2D eigenvalue weighted by atomic mass is 32.1. The van der Waals surface area contributed by atoms with E-state index in [1.54, 1.807) is 19.0 Å². The van der Waals surface area contributed by atoms with Gasteiger partial charge in [0.25, 0.3) is 5.91 Å². The molecule has 0 bridgehead atoms. The smallest absolute Gasteiger partial charge is 0.265 e. The first-order valence-corrected chi connectivity index (χ1v) is 5.23. The van der Waals surface area contributed by atoms with Crippen LogP contribution < -0.4 is 5.73 Å². The number of rotatable bonds is 2. The summed E-state index contributed by atoms with van der Waals surface area (Å²) < 4.78 is 0. The van der Waals surface area contributed by atoms with Crippen LogP contribution in [0.15, 0.2) is 0 Å². The predicted octanol–water partition coefficient (Wildman–Crippen LogP) is 1.55. The maximum absolute atomic E-state index is 11.7. The number of nitrogen functional groups attached to an aromatic ring is 1. The Morgan fingerprint density at radius 3 is 2.50 bits per heavy atom. The largest absolute Gasteiger partial charge is 0.375 e. The summed E-state index contributed by atoms with van der Waals surface area (Å²) >= 11 is 1.25. The molecule has 0 spiro atoms. The van der Waals surface area contributed by atoms with E-state index >= 15 is 0 Å². The number of carbonyl (C=O) groups excluding carboxylic acids is 1. The van der Waals surface area contributed by atoms with Crippen molar-refractivity contribution in [2.24, 2.45) is 0 Å². The van der Waals surface area contributed by atoms with Crippen molar-refractivity contribution in [2.45, 2.75) is 19.8 Å². The van der Waals surface area contributed by atoms with Crippen molar-refractivity contribution >= 4 is 22.4 Å². The third kappa shape index (κ3) is 2.04. The summed E-state index contributed by atoms with van der Waals surface area (Å²) in [5.41, 5.74) is 6.39. The van der Waals surface area contributed by atoms with Crippen LogP contribution in [0.25, 0.3) is 0 Å². The number of thiazole rings is 1. The predicted molar refractivity (Wildman–Crippen MR) is 58.6 cm³/mol. The molecule has 0 fully saturated rings. The topological polar surface area (TPSA) is 59.2 Å². The van der Waals surface area contributed by atoms with Crippen LogP contribution in [0, 0.1) is 0 Å². The minimum Gasteiger partial charge on any atom is -0.375 e. The Morgan fingerprint density at radius 2 is 2.07 bits per heavy atom. The maximum atomic E-state index is 11.7. The van der Waals surface area contributed by atoms with Crippen molar-refractivity contribution in [3.63, 3.8) is 0 Å². The molecule has 2 N–H and O–H groups in total. The zero-order chi connectivity index (χ0) is 10.9. The van der Waals surface area contributed by atoms with Gasteiger partial charge < -0.3 is 10.6 Å². The van der Waals surface area contributed by atoms with Gasteiger partial charge in [-0.25, -0.2) is 4.98 Å². The van der Waals surface area contributed by atoms with Crippen LogP contribution in [0.4, 0.5) is 5.13 Å². The summed E-state index contributed by atoms with van der Waals surface area (Å²) in [6, 6.07) is 0. The number of nitrogens with two attached hydrogens (primary N) is 1. The summed E-state index contributed by atoms with van der Waals surface area (Å²) in [5, 5.41) is 0.457.